The molecule has 0 aliphatic carbocycles. The van der Waals surface area contributed by atoms with Crippen molar-refractivity contribution in [2.45, 2.75) is 146 Å². The topological polar surface area (TPSA) is 216 Å². The molecule has 1 saturated heterocycles. The third-order valence-corrected chi connectivity index (χ3v) is 11.5. The fraction of sp³-hybridized carbons (Fsp3) is 0.667. The molecule has 17 heteroatoms. The van der Waals surface area contributed by atoms with Gasteiger partial charge in [0.25, 0.3) is 0 Å². The van der Waals surface area contributed by atoms with Gasteiger partial charge in [-0.15, -0.1) is 0 Å². The van der Waals surface area contributed by atoms with Gasteiger partial charge >= 0.3 is 7.82 Å². The largest absolute Gasteiger partial charge is 0.472 e. The summed E-state index contributed by atoms with van der Waals surface area (Å²) in [5, 5.41) is 35.6. The maximum absolute atomic E-state index is 14.1. The van der Waals surface area contributed by atoms with Gasteiger partial charge in [0.1, 0.15) is 42.1 Å². The number of aromatic nitrogens is 3. The number of nitrogens with two attached hydrogens (primary N) is 1. The minimum Gasteiger partial charge on any atom is -0.387 e. The van der Waals surface area contributed by atoms with Gasteiger partial charge in [0.05, 0.1) is 43.8 Å². The van der Waals surface area contributed by atoms with E-state index >= 15 is 0 Å². The van der Waals surface area contributed by atoms with Crippen molar-refractivity contribution in [2.24, 2.45) is 4.99 Å². The zero-order valence-corrected chi connectivity index (χ0v) is 35.5. The van der Waals surface area contributed by atoms with E-state index in [2.05, 4.69) is 22.0 Å². The highest BCUT2D eigenvalue weighted by atomic mass is 31.2. The van der Waals surface area contributed by atoms with Crippen molar-refractivity contribution in [3.05, 3.63) is 59.3 Å². The molecule has 59 heavy (non-hydrogen) atoms. The number of hydrogen-bond donors (Lipinski definition) is 4. The van der Waals surface area contributed by atoms with Crippen molar-refractivity contribution in [3.8, 4) is 6.07 Å². The highest BCUT2D eigenvalue weighted by molar-refractivity contribution is 7.47. The normalized spacial score (nSPS) is 21.0. The maximum Gasteiger partial charge on any atom is 0.472 e. The summed E-state index contributed by atoms with van der Waals surface area (Å²) in [5.41, 5.74) is 5.40. The SMILES string of the molecule is CCCCCCCCCCCCCCCCCCOC[C@H](COP(=O)(O)OC[C@@]1(C=NC)O[C@@H](c2ccc3c(N)ncnn23)[C@H](O)[C@@H]1O)OCc1cc(F)cc(C#N)c1. The van der Waals surface area contributed by atoms with Crippen molar-refractivity contribution in [1.82, 2.24) is 14.6 Å². The Hall–Kier alpha value is -3.36. The molecule has 1 aliphatic rings. The van der Waals surface area contributed by atoms with Gasteiger partial charge in [-0.3, -0.25) is 14.0 Å². The van der Waals surface area contributed by atoms with E-state index in [1.54, 1.807) is 12.1 Å². The van der Waals surface area contributed by atoms with Crippen LogP contribution in [0.15, 0.2) is 41.7 Å². The van der Waals surface area contributed by atoms with Crippen LogP contribution in [-0.2, 0) is 34.4 Å². The second kappa shape index (κ2) is 25.4. The summed E-state index contributed by atoms with van der Waals surface area (Å²) in [7, 11) is -3.44. The third kappa shape index (κ3) is 15.6. The Kier molecular flexibility index (Phi) is 20.8. The number of rotatable bonds is 30. The van der Waals surface area contributed by atoms with Gasteiger partial charge in [-0.05, 0) is 42.3 Å². The van der Waals surface area contributed by atoms with Crippen LogP contribution in [0.25, 0.3) is 5.52 Å². The Labute approximate surface area is 347 Å². The fourth-order valence-corrected chi connectivity index (χ4v) is 8.05. The number of ether oxygens (including phenoxy) is 3. The number of nitrogens with zero attached hydrogens (tertiary/aromatic N) is 5. The van der Waals surface area contributed by atoms with Crippen molar-refractivity contribution in [1.29, 1.82) is 5.26 Å². The van der Waals surface area contributed by atoms with E-state index in [-0.39, 0.29) is 24.6 Å². The lowest BCUT2D eigenvalue weighted by molar-refractivity contribution is -0.0702. The number of nitrogen functional groups attached to an aromatic ring is 1. The maximum atomic E-state index is 14.1. The van der Waals surface area contributed by atoms with Gasteiger partial charge in [0, 0.05) is 19.9 Å². The molecule has 3 aromatic rings. The van der Waals surface area contributed by atoms with Crippen molar-refractivity contribution in [3.63, 3.8) is 0 Å². The van der Waals surface area contributed by atoms with Gasteiger partial charge in [-0.25, -0.2) is 18.5 Å². The van der Waals surface area contributed by atoms with Crippen LogP contribution < -0.4 is 5.73 Å². The lowest BCUT2D eigenvalue weighted by atomic mass is 9.96. The molecule has 0 amide bonds. The predicted molar refractivity (Wildman–Crippen MR) is 222 cm³/mol. The molecule has 1 fully saturated rings. The zero-order chi connectivity index (χ0) is 42.5. The van der Waals surface area contributed by atoms with E-state index in [0.717, 1.165) is 25.3 Å². The zero-order valence-electron chi connectivity index (χ0n) is 34.6. The molecule has 3 heterocycles. The van der Waals surface area contributed by atoms with Gasteiger partial charge in [-0.1, -0.05) is 103 Å². The Morgan fingerprint density at radius 2 is 1.64 bits per heavy atom. The number of fused-ring (bicyclic) bond motifs is 1. The highest BCUT2D eigenvalue weighted by Crippen LogP contribution is 2.47. The molecule has 0 saturated carbocycles. The lowest BCUT2D eigenvalue weighted by Crippen LogP contribution is -2.48. The number of nitriles is 1. The molecule has 15 nitrogen and oxygen atoms in total. The number of aliphatic imine (C=N–C) groups is 1. The number of halogens is 1. The lowest BCUT2D eigenvalue weighted by Gasteiger charge is -2.28. The number of anilines is 1. The summed E-state index contributed by atoms with van der Waals surface area (Å²) in [5.74, 6) is -0.405. The molecule has 1 unspecified atom stereocenters. The van der Waals surface area contributed by atoms with Crippen molar-refractivity contribution < 1.29 is 47.3 Å². The van der Waals surface area contributed by atoms with Gasteiger partial charge in [-0.2, -0.15) is 10.4 Å². The molecule has 0 spiro atoms. The average Bonchev–Trinajstić information content (AvgIpc) is 3.76. The standard InChI is InChI=1S/C42H64FN6O9P/c1-3-4-5-6-7-8-9-10-11-12-13-14-15-16-17-18-21-54-27-35(55-26-33-22-32(25-44)23-34(43)24-33)28-56-59(52,53)57-30-42(29-46-2)40(51)38(50)39(58-42)36-19-20-37-41(45)47-31-48-49(36)37/h19-20,22-24,29,31,35,38-40,50-51H,3-18,21,26-28,30H2,1-2H3,(H,52,53)(H2,45,47,48)/t35-,38+,39+,40+,42-/m1/s1. The molecular formula is C42H64FN6O9P. The van der Waals surface area contributed by atoms with Crippen LogP contribution in [0.3, 0.4) is 0 Å². The van der Waals surface area contributed by atoms with Crippen LogP contribution >= 0.6 is 7.82 Å². The first-order chi connectivity index (χ1) is 28.5. The first kappa shape index (κ1) is 48.3. The molecule has 6 atom stereocenters. The van der Waals surface area contributed by atoms with Crippen molar-refractivity contribution in [2.75, 3.05) is 39.2 Å². The Bertz CT molecular complexity index is 1810. The number of unbranched alkanes of at least 4 members (excludes halogenated alkanes) is 15. The van der Waals surface area contributed by atoms with Crippen LogP contribution in [-0.4, -0.2) is 93.3 Å². The third-order valence-electron chi connectivity index (χ3n) is 10.5. The van der Waals surface area contributed by atoms with E-state index < -0.39 is 56.9 Å². The number of aliphatic hydroxyl groups is 2. The quantitative estimate of drug-likeness (QED) is 0.0290. The van der Waals surface area contributed by atoms with Crippen LogP contribution in [0.4, 0.5) is 10.2 Å². The minimum absolute atomic E-state index is 0.000625. The van der Waals surface area contributed by atoms with Gasteiger partial charge < -0.3 is 35.1 Å². The van der Waals surface area contributed by atoms with Crippen LogP contribution in [0.5, 0.6) is 0 Å². The number of hydrogen-bond acceptors (Lipinski definition) is 13. The van der Waals surface area contributed by atoms with E-state index in [9.17, 15) is 29.3 Å². The van der Waals surface area contributed by atoms with Gasteiger partial charge in [0.2, 0.25) is 0 Å². The molecule has 4 rings (SSSR count). The van der Waals surface area contributed by atoms with Crippen LogP contribution in [0, 0.1) is 17.1 Å². The number of aliphatic hydroxyl groups excluding tert-OH is 2. The molecular weight excluding hydrogens is 782 g/mol. The smallest absolute Gasteiger partial charge is 0.387 e. The number of benzene rings is 1. The van der Waals surface area contributed by atoms with E-state index in [4.69, 9.17) is 29.0 Å². The summed E-state index contributed by atoms with van der Waals surface area (Å²) in [4.78, 5) is 18.7. The molecule has 1 aliphatic heterocycles. The van der Waals surface area contributed by atoms with E-state index in [1.165, 1.54) is 120 Å². The van der Waals surface area contributed by atoms with E-state index in [0.29, 0.717) is 23.4 Å². The Morgan fingerprint density at radius 3 is 2.27 bits per heavy atom. The first-order valence-corrected chi connectivity index (χ1v) is 22.6. The molecule has 5 N–H and O–H groups in total. The molecule has 2 aromatic heterocycles. The van der Waals surface area contributed by atoms with Gasteiger partial charge in [0.15, 0.2) is 11.4 Å². The van der Waals surface area contributed by atoms with Crippen LogP contribution in [0.1, 0.15) is 133 Å². The number of phosphoric ester groups is 1. The monoisotopic (exact) mass is 846 g/mol. The van der Waals surface area contributed by atoms with Crippen molar-refractivity contribution >= 4 is 25.4 Å². The fourth-order valence-electron chi connectivity index (χ4n) is 7.26. The Balaban J connectivity index is 1.23. The second-order valence-corrected chi connectivity index (χ2v) is 16.8. The second-order valence-electron chi connectivity index (χ2n) is 15.3. The summed E-state index contributed by atoms with van der Waals surface area (Å²) < 4.78 is 57.3. The summed E-state index contributed by atoms with van der Waals surface area (Å²) >= 11 is 0. The Morgan fingerprint density at radius 1 is 1.00 bits per heavy atom. The molecule has 328 valence electrons. The molecule has 0 radical (unpaired) electrons. The average molecular weight is 847 g/mol. The molecule has 1 aromatic carbocycles. The summed E-state index contributed by atoms with van der Waals surface area (Å²) in [6, 6.07) is 8.98. The number of phosphoric acid groups is 1. The highest BCUT2D eigenvalue weighted by Gasteiger charge is 2.55. The van der Waals surface area contributed by atoms with E-state index in [1.807, 2.05) is 6.07 Å². The summed E-state index contributed by atoms with van der Waals surface area (Å²) in [6.45, 7) is 1.39. The molecule has 0 bridgehead atoms. The first-order valence-electron chi connectivity index (χ1n) is 21.1. The van der Waals surface area contributed by atoms with Crippen LogP contribution in [0.2, 0.25) is 0 Å². The predicted octanol–water partition coefficient (Wildman–Crippen LogP) is 7.55. The minimum atomic E-state index is -4.85. The summed E-state index contributed by atoms with van der Waals surface area (Å²) in [6.07, 6.45) is 17.3.